The molecule has 2 amide bonds. The number of hydrogen-bond donors (Lipinski definition) is 0. The number of aryl methyl sites for hydroxylation is 1. The minimum absolute atomic E-state index is 0.273. The first kappa shape index (κ1) is 10.7. The number of aromatic nitrogens is 1. The molecular weight excluding hydrogens is 228 g/mol. The van der Waals surface area contributed by atoms with Crippen LogP contribution < -0.4 is 4.90 Å². The van der Waals surface area contributed by atoms with Crippen molar-refractivity contribution < 1.29 is 9.59 Å². The molecule has 0 fully saturated rings. The smallest absolute Gasteiger partial charge is 0.266 e. The highest BCUT2D eigenvalue weighted by Gasteiger charge is 2.36. The molecule has 0 spiro atoms. The average Bonchev–Trinajstić information content (AvgIpc) is 2.63. The lowest BCUT2D eigenvalue weighted by molar-refractivity contribution is 0.0926. The number of hydrogen-bond acceptors (Lipinski definition) is 3. The summed E-state index contributed by atoms with van der Waals surface area (Å²) in [5, 5.41) is 0. The van der Waals surface area contributed by atoms with Crippen LogP contribution in [0.4, 0.5) is 5.69 Å². The van der Waals surface area contributed by atoms with Gasteiger partial charge in [0.05, 0.1) is 16.8 Å². The maximum absolute atomic E-state index is 12.2. The third kappa shape index (κ3) is 1.43. The first-order chi connectivity index (χ1) is 8.68. The first-order valence-electron chi connectivity index (χ1n) is 5.58. The van der Waals surface area contributed by atoms with E-state index in [1.54, 1.807) is 36.7 Å². The van der Waals surface area contributed by atoms with E-state index in [1.807, 2.05) is 13.0 Å². The van der Waals surface area contributed by atoms with Crippen molar-refractivity contribution >= 4 is 17.5 Å². The van der Waals surface area contributed by atoms with Crippen LogP contribution in [0.1, 0.15) is 26.3 Å². The summed E-state index contributed by atoms with van der Waals surface area (Å²) in [6, 6.07) is 8.58. The number of carbonyl (C=O) groups is 2. The monoisotopic (exact) mass is 238 g/mol. The Labute approximate surface area is 104 Å². The lowest BCUT2D eigenvalue weighted by Crippen LogP contribution is -2.29. The van der Waals surface area contributed by atoms with Gasteiger partial charge >= 0.3 is 0 Å². The normalized spacial score (nSPS) is 13.9. The van der Waals surface area contributed by atoms with Crippen LogP contribution in [0.25, 0.3) is 0 Å². The Morgan fingerprint density at radius 1 is 0.944 bits per heavy atom. The molecule has 0 saturated heterocycles. The largest absolute Gasteiger partial charge is 0.268 e. The average molecular weight is 238 g/mol. The summed E-state index contributed by atoms with van der Waals surface area (Å²) in [5.41, 5.74) is 2.44. The number of carbonyl (C=O) groups excluding carboxylic acids is 2. The predicted octanol–water partition coefficient (Wildman–Crippen LogP) is 2.19. The van der Waals surface area contributed by atoms with Gasteiger partial charge in [-0.2, -0.15) is 0 Å². The molecule has 1 aromatic heterocycles. The molecule has 0 unspecified atom stereocenters. The topological polar surface area (TPSA) is 50.3 Å². The molecule has 18 heavy (non-hydrogen) atoms. The molecule has 4 heteroatoms. The summed E-state index contributed by atoms with van der Waals surface area (Å²) in [5.74, 6) is -0.550. The molecule has 88 valence electrons. The lowest BCUT2D eigenvalue weighted by atomic mass is 10.1. The van der Waals surface area contributed by atoms with Crippen LogP contribution in [0, 0.1) is 6.92 Å². The van der Waals surface area contributed by atoms with Gasteiger partial charge in [-0.25, -0.2) is 4.90 Å². The Bertz CT molecular complexity index is 650. The number of rotatable bonds is 1. The summed E-state index contributed by atoms with van der Waals surface area (Å²) in [6.07, 6.45) is 3.12. The van der Waals surface area contributed by atoms with Gasteiger partial charge in [0.1, 0.15) is 0 Å². The van der Waals surface area contributed by atoms with E-state index >= 15 is 0 Å². The molecule has 0 aliphatic carbocycles. The summed E-state index contributed by atoms with van der Waals surface area (Å²) < 4.78 is 0. The molecule has 0 N–H and O–H groups in total. The van der Waals surface area contributed by atoms with Crippen LogP contribution in [0.2, 0.25) is 0 Å². The molecule has 2 aromatic rings. The van der Waals surface area contributed by atoms with Crippen molar-refractivity contribution in [1.29, 1.82) is 0 Å². The van der Waals surface area contributed by atoms with E-state index in [2.05, 4.69) is 4.98 Å². The number of fused-ring (bicyclic) bond motifs is 1. The minimum atomic E-state index is -0.277. The molecule has 1 aliphatic heterocycles. The molecule has 0 saturated carbocycles. The zero-order valence-electron chi connectivity index (χ0n) is 9.75. The van der Waals surface area contributed by atoms with Gasteiger partial charge in [-0.3, -0.25) is 14.6 Å². The molecule has 0 bridgehead atoms. The second kappa shape index (κ2) is 3.77. The van der Waals surface area contributed by atoms with Crippen molar-refractivity contribution in [2.75, 3.05) is 4.90 Å². The maximum atomic E-state index is 12.2. The molecule has 0 radical (unpaired) electrons. The zero-order valence-corrected chi connectivity index (χ0v) is 9.75. The van der Waals surface area contributed by atoms with Crippen molar-refractivity contribution in [2.24, 2.45) is 0 Å². The highest BCUT2D eigenvalue weighted by molar-refractivity contribution is 6.34. The number of amides is 2. The molecule has 0 atom stereocenters. The molecule has 3 rings (SSSR count). The van der Waals surface area contributed by atoms with E-state index in [1.165, 1.54) is 4.90 Å². The quantitative estimate of drug-likeness (QED) is 0.715. The van der Waals surface area contributed by atoms with Crippen molar-refractivity contribution in [3.05, 3.63) is 59.4 Å². The van der Waals surface area contributed by atoms with Crippen molar-refractivity contribution in [3.63, 3.8) is 0 Å². The fourth-order valence-corrected chi connectivity index (χ4v) is 2.08. The van der Waals surface area contributed by atoms with Crippen LogP contribution in [-0.4, -0.2) is 16.8 Å². The number of anilines is 1. The van der Waals surface area contributed by atoms with Gasteiger partial charge in [-0.1, -0.05) is 11.6 Å². The van der Waals surface area contributed by atoms with Gasteiger partial charge < -0.3 is 0 Å². The van der Waals surface area contributed by atoms with Crippen molar-refractivity contribution in [2.45, 2.75) is 6.92 Å². The highest BCUT2D eigenvalue weighted by atomic mass is 16.2. The third-order valence-electron chi connectivity index (χ3n) is 2.96. The van der Waals surface area contributed by atoms with Crippen LogP contribution in [0.5, 0.6) is 0 Å². The van der Waals surface area contributed by atoms with Crippen molar-refractivity contribution in [1.82, 2.24) is 4.98 Å². The first-order valence-corrected chi connectivity index (χ1v) is 5.58. The lowest BCUT2D eigenvalue weighted by Gasteiger charge is -2.12. The fourth-order valence-electron chi connectivity index (χ4n) is 2.08. The second-order valence-corrected chi connectivity index (χ2v) is 4.20. The van der Waals surface area contributed by atoms with E-state index in [0.29, 0.717) is 16.8 Å². The Morgan fingerprint density at radius 2 is 1.61 bits per heavy atom. The molecule has 4 nitrogen and oxygen atoms in total. The summed E-state index contributed by atoms with van der Waals surface area (Å²) in [6.45, 7) is 1.90. The summed E-state index contributed by atoms with van der Waals surface area (Å²) in [4.78, 5) is 29.5. The van der Waals surface area contributed by atoms with E-state index < -0.39 is 0 Å². The number of nitrogens with zero attached hydrogens (tertiary/aromatic N) is 2. The Morgan fingerprint density at radius 3 is 2.33 bits per heavy atom. The van der Waals surface area contributed by atoms with Gasteiger partial charge in [0.25, 0.3) is 11.8 Å². The predicted molar refractivity (Wildman–Crippen MR) is 66.6 cm³/mol. The summed E-state index contributed by atoms with van der Waals surface area (Å²) in [7, 11) is 0. The van der Waals surface area contributed by atoms with Crippen LogP contribution in [0.15, 0.2) is 42.7 Å². The summed E-state index contributed by atoms with van der Waals surface area (Å²) >= 11 is 0. The SMILES string of the molecule is Cc1ccc2c(c1)C(=O)N(c1ccncc1)C2=O. The number of pyridine rings is 1. The Hall–Kier alpha value is -2.49. The molecule has 1 aliphatic rings. The van der Waals surface area contributed by atoms with Crippen LogP contribution >= 0.6 is 0 Å². The molecular formula is C14H10N2O2. The van der Waals surface area contributed by atoms with E-state index in [4.69, 9.17) is 0 Å². The maximum Gasteiger partial charge on any atom is 0.266 e. The van der Waals surface area contributed by atoms with Gasteiger partial charge in [0.2, 0.25) is 0 Å². The fraction of sp³-hybridized carbons (Fsp3) is 0.0714. The van der Waals surface area contributed by atoms with Crippen LogP contribution in [-0.2, 0) is 0 Å². The Kier molecular flexibility index (Phi) is 2.23. The van der Waals surface area contributed by atoms with Crippen LogP contribution in [0.3, 0.4) is 0 Å². The van der Waals surface area contributed by atoms with Gasteiger partial charge in [0.15, 0.2) is 0 Å². The van der Waals surface area contributed by atoms with E-state index in [-0.39, 0.29) is 11.8 Å². The van der Waals surface area contributed by atoms with E-state index in [0.717, 1.165) is 5.56 Å². The zero-order chi connectivity index (χ0) is 12.7. The van der Waals surface area contributed by atoms with Gasteiger partial charge in [-0.15, -0.1) is 0 Å². The standard InChI is InChI=1S/C14H10N2O2/c1-9-2-3-11-12(8-9)14(18)16(13(11)17)10-4-6-15-7-5-10/h2-8H,1H3. The highest BCUT2D eigenvalue weighted by Crippen LogP contribution is 2.28. The van der Waals surface area contributed by atoms with Crippen molar-refractivity contribution in [3.8, 4) is 0 Å². The molecule has 2 heterocycles. The van der Waals surface area contributed by atoms with E-state index in [9.17, 15) is 9.59 Å². The number of imide groups is 1. The minimum Gasteiger partial charge on any atom is -0.268 e. The Balaban J connectivity index is 2.13. The van der Waals surface area contributed by atoms with Gasteiger partial charge in [0, 0.05) is 12.4 Å². The molecule has 1 aromatic carbocycles. The second-order valence-electron chi connectivity index (χ2n) is 4.20. The van der Waals surface area contributed by atoms with Gasteiger partial charge in [-0.05, 0) is 31.2 Å². The number of benzene rings is 1. The third-order valence-corrected chi connectivity index (χ3v) is 2.96.